The number of rotatable bonds is 2. The molecule has 0 amide bonds. The van der Waals surface area contributed by atoms with E-state index >= 15 is 0 Å². The normalized spacial score (nSPS) is 17.5. The molecule has 1 heterocycles. The summed E-state index contributed by atoms with van der Waals surface area (Å²) < 4.78 is 0. The Labute approximate surface area is 98.4 Å². The number of nitrogens with zero attached hydrogens (tertiary/aromatic N) is 1. The van der Waals surface area contributed by atoms with E-state index in [1.54, 1.807) is 6.08 Å². The van der Waals surface area contributed by atoms with Crippen LogP contribution in [0.15, 0.2) is 35.0 Å². The Balaban J connectivity index is 2.41. The van der Waals surface area contributed by atoms with Crippen LogP contribution in [0.1, 0.15) is 11.1 Å². The van der Waals surface area contributed by atoms with Crippen molar-refractivity contribution in [1.82, 2.24) is 0 Å². The van der Waals surface area contributed by atoms with E-state index in [0.717, 1.165) is 11.1 Å². The Bertz CT molecular complexity index is 492. The van der Waals surface area contributed by atoms with Crippen molar-refractivity contribution in [2.75, 3.05) is 5.88 Å². The first-order valence-electron chi connectivity index (χ1n) is 4.84. The summed E-state index contributed by atoms with van der Waals surface area (Å²) in [5.74, 6) is -0.275. The average molecular weight is 236 g/mol. The van der Waals surface area contributed by atoms with Crippen molar-refractivity contribution in [1.29, 1.82) is 0 Å². The van der Waals surface area contributed by atoms with E-state index in [0.29, 0.717) is 11.3 Å². The van der Waals surface area contributed by atoms with Gasteiger partial charge in [0.05, 0.1) is 11.5 Å². The predicted molar refractivity (Wildman–Crippen MR) is 63.4 cm³/mol. The molecule has 2 rings (SSSR count). The molecule has 4 heteroatoms. The molecule has 3 nitrogen and oxygen atoms in total. The fraction of sp³-hybridized carbons (Fsp3) is 0.167. The summed E-state index contributed by atoms with van der Waals surface area (Å²) in [4.78, 5) is 16.0. The Morgan fingerprint density at radius 1 is 1.44 bits per heavy atom. The molecule has 0 bridgehead atoms. The molecule has 0 unspecified atom stereocenters. The molecule has 1 aromatic rings. The highest BCUT2D eigenvalue weighted by molar-refractivity contribution is 6.38. The van der Waals surface area contributed by atoms with Crippen molar-refractivity contribution >= 4 is 29.4 Å². The van der Waals surface area contributed by atoms with Crippen LogP contribution >= 0.6 is 11.6 Å². The van der Waals surface area contributed by atoms with Gasteiger partial charge in [-0.25, -0.2) is 4.79 Å². The summed E-state index contributed by atoms with van der Waals surface area (Å²) in [5.41, 5.74) is 2.97. The van der Waals surface area contributed by atoms with Gasteiger partial charge in [0.15, 0.2) is 0 Å². The number of hydrogen-bond acceptors (Lipinski definition) is 3. The summed E-state index contributed by atoms with van der Waals surface area (Å²) in [6.07, 6.45) is 1.76. The van der Waals surface area contributed by atoms with Crippen LogP contribution in [-0.4, -0.2) is 17.6 Å². The van der Waals surface area contributed by atoms with Crippen molar-refractivity contribution in [3.05, 3.63) is 41.0 Å². The number of benzene rings is 1. The molecule has 0 aliphatic carbocycles. The summed E-state index contributed by atoms with van der Waals surface area (Å²) in [7, 11) is 0. The number of oxime groups is 1. The van der Waals surface area contributed by atoms with Gasteiger partial charge in [-0.15, -0.1) is 11.6 Å². The standard InChI is InChI=1S/C12H10ClNO2/c1-8-4-2-3-5-9(8)6-10-11(7-13)14-16-12(10)15/h2-6H,7H2,1H3. The molecule has 1 aliphatic rings. The lowest BCUT2D eigenvalue weighted by molar-refractivity contribution is -0.136. The van der Waals surface area contributed by atoms with Gasteiger partial charge in [-0.2, -0.15) is 0 Å². The first-order valence-corrected chi connectivity index (χ1v) is 5.37. The van der Waals surface area contributed by atoms with E-state index in [-0.39, 0.29) is 5.88 Å². The molecular formula is C12H10ClNO2. The molecule has 0 fully saturated rings. The lowest BCUT2D eigenvalue weighted by atomic mass is 10.0. The second-order valence-electron chi connectivity index (χ2n) is 3.46. The van der Waals surface area contributed by atoms with Gasteiger partial charge in [-0.1, -0.05) is 29.4 Å². The number of hydrogen-bond donors (Lipinski definition) is 0. The SMILES string of the molecule is Cc1ccccc1C=C1C(=O)ON=C1CCl. The second-order valence-corrected chi connectivity index (χ2v) is 3.73. The lowest BCUT2D eigenvalue weighted by Crippen LogP contribution is -2.06. The summed E-state index contributed by atoms with van der Waals surface area (Å²) >= 11 is 5.67. The van der Waals surface area contributed by atoms with Gasteiger partial charge in [0.25, 0.3) is 0 Å². The Hall–Kier alpha value is -1.61. The molecule has 0 spiro atoms. The number of aryl methyl sites for hydroxylation is 1. The van der Waals surface area contributed by atoms with Gasteiger partial charge in [0.1, 0.15) is 5.71 Å². The van der Waals surface area contributed by atoms with Crippen LogP contribution in [0.2, 0.25) is 0 Å². The van der Waals surface area contributed by atoms with E-state index < -0.39 is 5.97 Å². The minimum Gasteiger partial charge on any atom is -0.312 e. The first kappa shape index (κ1) is 10.9. The fourth-order valence-corrected chi connectivity index (χ4v) is 1.65. The monoisotopic (exact) mass is 235 g/mol. The van der Waals surface area contributed by atoms with E-state index in [9.17, 15) is 4.79 Å². The van der Waals surface area contributed by atoms with Crippen molar-refractivity contribution < 1.29 is 9.63 Å². The van der Waals surface area contributed by atoms with Crippen LogP contribution < -0.4 is 0 Å². The molecule has 0 N–H and O–H groups in total. The topological polar surface area (TPSA) is 38.7 Å². The van der Waals surface area contributed by atoms with Crippen LogP contribution in [0.5, 0.6) is 0 Å². The second kappa shape index (κ2) is 4.49. The molecule has 1 aliphatic heterocycles. The zero-order valence-corrected chi connectivity index (χ0v) is 9.49. The van der Waals surface area contributed by atoms with Crippen LogP contribution in [0, 0.1) is 6.92 Å². The van der Waals surface area contributed by atoms with Crippen molar-refractivity contribution in [2.24, 2.45) is 5.16 Å². The fourth-order valence-electron chi connectivity index (χ4n) is 1.46. The highest BCUT2D eigenvalue weighted by Crippen LogP contribution is 2.18. The van der Waals surface area contributed by atoms with Crippen LogP contribution in [0.4, 0.5) is 0 Å². The molecule has 0 saturated carbocycles. The Kier molecular flexibility index (Phi) is 3.06. The summed E-state index contributed by atoms with van der Waals surface area (Å²) in [5, 5.41) is 3.61. The van der Waals surface area contributed by atoms with Crippen LogP contribution in [0.3, 0.4) is 0 Å². The highest BCUT2D eigenvalue weighted by Gasteiger charge is 2.24. The maximum absolute atomic E-state index is 11.4. The first-order chi connectivity index (χ1) is 7.72. The smallest absolute Gasteiger partial charge is 0.312 e. The van der Waals surface area contributed by atoms with E-state index in [4.69, 9.17) is 11.6 Å². The predicted octanol–water partition coefficient (Wildman–Crippen LogP) is 2.53. The molecule has 0 radical (unpaired) electrons. The summed E-state index contributed by atoms with van der Waals surface area (Å²) in [6, 6.07) is 7.77. The minimum atomic E-state index is -0.445. The number of carbonyl (C=O) groups is 1. The molecule has 0 saturated heterocycles. The molecule has 1 aromatic carbocycles. The Morgan fingerprint density at radius 3 is 2.88 bits per heavy atom. The molecular weight excluding hydrogens is 226 g/mol. The van der Waals surface area contributed by atoms with Crippen molar-refractivity contribution in [3.63, 3.8) is 0 Å². The highest BCUT2D eigenvalue weighted by atomic mass is 35.5. The van der Waals surface area contributed by atoms with E-state index in [1.807, 2.05) is 31.2 Å². The molecule has 82 valence electrons. The van der Waals surface area contributed by atoms with Gasteiger partial charge >= 0.3 is 5.97 Å². The average Bonchev–Trinajstić information content (AvgIpc) is 2.63. The van der Waals surface area contributed by atoms with Gasteiger partial charge < -0.3 is 4.84 Å². The van der Waals surface area contributed by atoms with Crippen LogP contribution in [-0.2, 0) is 9.63 Å². The third-order valence-corrected chi connectivity index (χ3v) is 2.64. The maximum Gasteiger partial charge on any atom is 0.367 e. The Morgan fingerprint density at radius 2 is 2.19 bits per heavy atom. The van der Waals surface area contributed by atoms with Gasteiger partial charge in [-0.3, -0.25) is 0 Å². The minimum absolute atomic E-state index is 0.170. The van der Waals surface area contributed by atoms with Gasteiger partial charge in [0.2, 0.25) is 0 Å². The van der Waals surface area contributed by atoms with Crippen molar-refractivity contribution in [2.45, 2.75) is 6.92 Å². The van der Waals surface area contributed by atoms with Crippen LogP contribution in [0.25, 0.3) is 6.08 Å². The quantitative estimate of drug-likeness (QED) is 0.449. The van der Waals surface area contributed by atoms with Gasteiger partial charge in [-0.05, 0) is 24.1 Å². The number of alkyl halides is 1. The molecule has 0 atom stereocenters. The maximum atomic E-state index is 11.4. The van der Waals surface area contributed by atoms with Crippen molar-refractivity contribution in [3.8, 4) is 0 Å². The third kappa shape index (κ3) is 1.99. The molecule has 16 heavy (non-hydrogen) atoms. The lowest BCUT2D eigenvalue weighted by Gasteiger charge is -2.00. The number of halogens is 1. The zero-order chi connectivity index (χ0) is 11.5. The third-order valence-electron chi connectivity index (χ3n) is 2.38. The summed E-state index contributed by atoms with van der Waals surface area (Å²) in [6.45, 7) is 1.98. The largest absolute Gasteiger partial charge is 0.367 e. The number of carbonyl (C=O) groups excluding carboxylic acids is 1. The van der Waals surface area contributed by atoms with E-state index in [1.165, 1.54) is 0 Å². The van der Waals surface area contributed by atoms with Gasteiger partial charge in [0, 0.05) is 0 Å². The van der Waals surface area contributed by atoms with E-state index in [2.05, 4.69) is 9.99 Å². The zero-order valence-electron chi connectivity index (χ0n) is 8.74. The molecule has 0 aromatic heterocycles.